The molecule has 0 aliphatic rings. The van der Waals surface area contributed by atoms with E-state index < -0.39 is 16.4 Å². The molecule has 0 aromatic heterocycles. The zero-order valence-electron chi connectivity index (χ0n) is 23.7. The molecule has 0 unspecified atom stereocenters. The van der Waals surface area contributed by atoms with Crippen molar-refractivity contribution in [2.45, 2.75) is 103 Å². The van der Waals surface area contributed by atoms with Crippen LogP contribution < -0.4 is 5.19 Å². The first-order valence-electron chi connectivity index (χ1n) is 13.8. The van der Waals surface area contributed by atoms with Gasteiger partial charge in [0.1, 0.15) is 8.07 Å². The highest BCUT2D eigenvalue weighted by molar-refractivity contribution is 6.95. The van der Waals surface area contributed by atoms with Crippen molar-refractivity contribution in [1.29, 1.82) is 0 Å². The van der Waals surface area contributed by atoms with Gasteiger partial charge in [-0.1, -0.05) is 120 Å². The number of allylic oxidation sites excluding steroid dienone is 1. The minimum Gasteiger partial charge on any atom is -0.416 e. The van der Waals surface area contributed by atoms with E-state index in [1.54, 1.807) is 0 Å². The molecule has 0 saturated heterocycles. The lowest BCUT2D eigenvalue weighted by atomic mass is 10.1. The summed E-state index contributed by atoms with van der Waals surface area (Å²) in [4.78, 5) is 0. The maximum Gasteiger partial charge on any atom is 0.200 e. The average Bonchev–Trinajstić information content (AvgIpc) is 2.83. The van der Waals surface area contributed by atoms with Crippen molar-refractivity contribution < 1.29 is 4.43 Å². The molecule has 0 amide bonds. The number of unbranched alkanes of at least 4 members (excludes halogenated alkanes) is 2. The van der Waals surface area contributed by atoms with Gasteiger partial charge in [0.25, 0.3) is 0 Å². The van der Waals surface area contributed by atoms with Crippen molar-refractivity contribution >= 4 is 21.6 Å². The molecule has 0 aliphatic carbocycles. The van der Waals surface area contributed by atoms with Crippen LogP contribution in [0.2, 0.25) is 29.7 Å². The maximum absolute atomic E-state index is 6.75. The predicted octanol–water partition coefficient (Wildman–Crippen LogP) is 9.22. The molecular formula is C32H50OSi2. The zero-order chi connectivity index (χ0) is 25.9. The van der Waals surface area contributed by atoms with Crippen LogP contribution in [0.4, 0.5) is 0 Å². The Balaban J connectivity index is 2.05. The van der Waals surface area contributed by atoms with E-state index in [0.717, 1.165) is 32.3 Å². The van der Waals surface area contributed by atoms with E-state index in [1.807, 2.05) is 0 Å². The molecule has 0 atom stereocenters. The Bertz CT molecular complexity index is 901. The van der Waals surface area contributed by atoms with Crippen LogP contribution in [0.25, 0.3) is 0 Å². The largest absolute Gasteiger partial charge is 0.416 e. The van der Waals surface area contributed by atoms with Crippen LogP contribution in [0.15, 0.2) is 77.7 Å². The van der Waals surface area contributed by atoms with E-state index in [4.69, 9.17) is 4.43 Å². The summed E-state index contributed by atoms with van der Waals surface area (Å²) >= 11 is 0. The average molecular weight is 507 g/mol. The van der Waals surface area contributed by atoms with Crippen molar-refractivity contribution in [3.63, 3.8) is 0 Å². The molecule has 0 heterocycles. The van der Waals surface area contributed by atoms with Crippen LogP contribution in [-0.4, -0.2) is 23.0 Å². The summed E-state index contributed by atoms with van der Waals surface area (Å²) in [6.07, 6.45) is 7.87. The first kappa shape index (κ1) is 29.6. The Morgan fingerprint density at radius 1 is 0.800 bits per heavy atom. The first-order valence-corrected chi connectivity index (χ1v) is 18.9. The van der Waals surface area contributed by atoms with Crippen LogP contribution in [0.5, 0.6) is 0 Å². The van der Waals surface area contributed by atoms with Crippen LogP contribution in [0.1, 0.15) is 72.8 Å². The highest BCUT2D eigenvalue weighted by atomic mass is 28.4. The Morgan fingerprint density at radius 3 is 1.89 bits per heavy atom. The molecule has 0 bridgehead atoms. The van der Waals surface area contributed by atoms with Gasteiger partial charge in [0.15, 0.2) is 8.32 Å². The number of hydrogen-bond donors (Lipinski definition) is 0. The second-order valence-electron chi connectivity index (χ2n) is 11.5. The number of rotatable bonds is 14. The van der Waals surface area contributed by atoms with Gasteiger partial charge in [0.2, 0.25) is 0 Å². The second kappa shape index (κ2) is 14.2. The minimum atomic E-state index is -1.75. The quantitative estimate of drug-likeness (QED) is 0.141. The van der Waals surface area contributed by atoms with Gasteiger partial charge in [-0.15, -0.1) is 5.73 Å². The van der Waals surface area contributed by atoms with Crippen molar-refractivity contribution in [1.82, 2.24) is 0 Å². The summed E-state index contributed by atoms with van der Waals surface area (Å²) in [7, 11) is -3.49. The Labute approximate surface area is 218 Å². The summed E-state index contributed by atoms with van der Waals surface area (Å²) in [6.45, 7) is 20.1. The number of benzene rings is 2. The molecule has 2 aromatic carbocycles. The fraction of sp³-hybridized carbons (Fsp3) is 0.531. The topological polar surface area (TPSA) is 9.23 Å². The molecule has 0 aliphatic heterocycles. The van der Waals surface area contributed by atoms with E-state index >= 15 is 0 Å². The van der Waals surface area contributed by atoms with Crippen LogP contribution in [0.3, 0.4) is 0 Å². The van der Waals surface area contributed by atoms with E-state index in [0.29, 0.717) is 16.6 Å². The monoisotopic (exact) mass is 506 g/mol. The Hall–Kier alpha value is -1.65. The van der Waals surface area contributed by atoms with E-state index in [2.05, 4.69) is 127 Å². The molecule has 35 heavy (non-hydrogen) atoms. The molecule has 2 aromatic rings. The molecule has 3 heteroatoms. The minimum absolute atomic E-state index is 0.655. The van der Waals surface area contributed by atoms with Gasteiger partial charge in [0.05, 0.1) is 0 Å². The lowest BCUT2D eigenvalue weighted by Gasteiger charge is -2.42. The number of aryl methyl sites for hydroxylation is 1. The molecule has 0 saturated carbocycles. The summed E-state index contributed by atoms with van der Waals surface area (Å²) < 4.78 is 6.75. The smallest absolute Gasteiger partial charge is 0.200 e. The molecule has 192 valence electrons. The van der Waals surface area contributed by atoms with Crippen molar-refractivity contribution in [2.24, 2.45) is 0 Å². The van der Waals surface area contributed by atoms with E-state index in [9.17, 15) is 0 Å². The van der Waals surface area contributed by atoms with Gasteiger partial charge >= 0.3 is 0 Å². The van der Waals surface area contributed by atoms with Gasteiger partial charge in [0, 0.05) is 6.61 Å². The SMILES string of the molecule is CC(C)[Si](OCCCCC=C=C(CCc1ccccc1)[Si](C)(C)c1ccccc1)(C(C)C)C(C)C. The fourth-order valence-corrected chi connectivity index (χ4v) is 13.9. The molecule has 0 spiro atoms. The number of hydrogen-bond acceptors (Lipinski definition) is 1. The molecular weight excluding hydrogens is 457 g/mol. The van der Waals surface area contributed by atoms with Crippen LogP contribution >= 0.6 is 0 Å². The first-order chi connectivity index (χ1) is 16.6. The van der Waals surface area contributed by atoms with Gasteiger partial charge in [-0.25, -0.2) is 0 Å². The molecule has 2 rings (SSSR count). The van der Waals surface area contributed by atoms with Gasteiger partial charge in [-0.05, 0) is 65.6 Å². The lowest BCUT2D eigenvalue weighted by Crippen LogP contribution is -2.47. The van der Waals surface area contributed by atoms with Gasteiger partial charge < -0.3 is 4.43 Å². The summed E-state index contributed by atoms with van der Waals surface area (Å²) in [5, 5.41) is 3.02. The second-order valence-corrected chi connectivity index (χ2v) is 21.4. The van der Waals surface area contributed by atoms with Gasteiger partial charge in [-0.2, -0.15) is 0 Å². The predicted molar refractivity (Wildman–Crippen MR) is 161 cm³/mol. The third kappa shape index (κ3) is 8.18. The fourth-order valence-electron chi connectivity index (χ4n) is 5.80. The van der Waals surface area contributed by atoms with Crippen LogP contribution in [0, 0.1) is 0 Å². The van der Waals surface area contributed by atoms with E-state index in [1.165, 1.54) is 22.4 Å². The van der Waals surface area contributed by atoms with Gasteiger partial charge in [-0.3, -0.25) is 0 Å². The van der Waals surface area contributed by atoms with Crippen LogP contribution in [-0.2, 0) is 10.8 Å². The maximum atomic E-state index is 6.75. The Morgan fingerprint density at radius 2 is 1.34 bits per heavy atom. The van der Waals surface area contributed by atoms with Crippen molar-refractivity contribution in [2.75, 3.05) is 6.61 Å². The van der Waals surface area contributed by atoms with Crippen molar-refractivity contribution in [3.8, 4) is 0 Å². The summed E-state index contributed by atoms with van der Waals surface area (Å²) in [5.41, 5.74) is 7.19. The zero-order valence-corrected chi connectivity index (χ0v) is 25.7. The summed E-state index contributed by atoms with van der Waals surface area (Å²) in [5.74, 6) is 0. The summed E-state index contributed by atoms with van der Waals surface area (Å²) in [6, 6.07) is 22.0. The molecule has 0 fully saturated rings. The highest BCUT2D eigenvalue weighted by Gasteiger charge is 2.44. The van der Waals surface area contributed by atoms with Crippen molar-refractivity contribution in [3.05, 3.63) is 83.2 Å². The molecule has 1 nitrogen and oxygen atoms in total. The standard InChI is InChI=1S/C32H50OSi2/c1-27(2)35(28(3)4,29(5)6)33-26-18-10-9-15-23-32(25-24-30-19-13-11-14-20-30)34(7,8)31-21-16-12-17-22-31/h11-17,19-22,27-29H,9-10,18,24-26H2,1-8H3. The van der Waals surface area contributed by atoms with E-state index in [-0.39, 0.29) is 0 Å². The lowest BCUT2D eigenvalue weighted by molar-refractivity contribution is 0.269. The molecule has 0 N–H and O–H groups in total. The molecule has 0 radical (unpaired) electrons. The third-order valence-corrected chi connectivity index (χ3v) is 17.6. The Kier molecular flexibility index (Phi) is 12.0. The normalized spacial score (nSPS) is 12.3. The third-order valence-electron chi connectivity index (χ3n) is 7.83. The highest BCUT2D eigenvalue weighted by Crippen LogP contribution is 2.42.